The standard InChI is InChI=1S/C42H30F2N4/c43-36-25-21-34(22-26-36)41(45-29-38(46-41)30-13-5-1-6-14-30)42(35-23-27-37(44)28-24-35)47-39(31-15-7-2-8-16-31)40(48-42,32-17-9-3-10-18-32)33-19-11-4-12-20-33/h1-29,48H. The monoisotopic (exact) mass is 628 g/mol. The minimum atomic E-state index is -1.48. The SMILES string of the molecule is Fc1ccc(C2(C3(c4ccc(F)cc4)N=C(c4ccccc4)C(c4ccccc4)(c4ccccc4)N3)N=CC(c3ccccc3)=N2)cc1. The van der Waals surface area contributed by atoms with Crippen LogP contribution in [0.2, 0.25) is 0 Å². The lowest BCUT2D eigenvalue weighted by molar-refractivity contribution is 0.180. The van der Waals surface area contributed by atoms with E-state index in [1.165, 1.54) is 24.3 Å². The molecule has 0 bridgehead atoms. The Bertz CT molecular complexity index is 2110. The first-order valence-corrected chi connectivity index (χ1v) is 15.8. The first kappa shape index (κ1) is 29.5. The van der Waals surface area contributed by atoms with E-state index in [1.54, 1.807) is 30.5 Å². The molecule has 2 unspecified atom stereocenters. The van der Waals surface area contributed by atoms with Crippen molar-refractivity contribution in [2.45, 2.75) is 16.9 Å². The van der Waals surface area contributed by atoms with Crippen LogP contribution < -0.4 is 5.32 Å². The molecule has 0 aromatic heterocycles. The molecule has 0 spiro atoms. The third kappa shape index (κ3) is 4.64. The fourth-order valence-electron chi connectivity index (χ4n) is 6.98. The number of nitrogens with one attached hydrogen (secondary N) is 1. The summed E-state index contributed by atoms with van der Waals surface area (Å²) in [5.41, 5.74) is 2.37. The van der Waals surface area contributed by atoms with Crippen LogP contribution in [0.15, 0.2) is 185 Å². The second-order valence-electron chi connectivity index (χ2n) is 12.0. The number of hydrogen-bond acceptors (Lipinski definition) is 4. The Kier molecular flexibility index (Phi) is 7.23. The van der Waals surface area contributed by atoms with Gasteiger partial charge in [-0.1, -0.05) is 146 Å². The molecule has 4 nitrogen and oxygen atoms in total. The van der Waals surface area contributed by atoms with Crippen molar-refractivity contribution in [3.05, 3.63) is 215 Å². The first-order valence-electron chi connectivity index (χ1n) is 15.8. The molecule has 0 aliphatic carbocycles. The lowest BCUT2D eigenvalue weighted by atomic mass is 9.75. The van der Waals surface area contributed by atoms with Crippen LogP contribution in [-0.4, -0.2) is 17.6 Å². The molecule has 0 saturated carbocycles. The maximum atomic E-state index is 14.7. The van der Waals surface area contributed by atoms with E-state index in [4.69, 9.17) is 15.0 Å². The topological polar surface area (TPSA) is 49.1 Å². The highest BCUT2D eigenvalue weighted by Gasteiger charge is 2.64. The minimum absolute atomic E-state index is 0.379. The van der Waals surface area contributed by atoms with E-state index in [1.807, 2.05) is 97.1 Å². The molecule has 0 amide bonds. The lowest BCUT2D eigenvalue weighted by Gasteiger charge is -2.44. The first-order chi connectivity index (χ1) is 23.5. The second-order valence-corrected chi connectivity index (χ2v) is 12.0. The summed E-state index contributed by atoms with van der Waals surface area (Å²) in [6.45, 7) is 0. The number of hydrogen-bond donors (Lipinski definition) is 1. The number of aliphatic imine (C=N–C) groups is 3. The van der Waals surface area contributed by atoms with Crippen molar-refractivity contribution in [3.63, 3.8) is 0 Å². The van der Waals surface area contributed by atoms with Crippen LogP contribution in [0.5, 0.6) is 0 Å². The summed E-state index contributed by atoms with van der Waals surface area (Å²) in [5, 5.41) is 4.06. The summed E-state index contributed by atoms with van der Waals surface area (Å²) < 4.78 is 29.3. The van der Waals surface area contributed by atoms with E-state index in [0.717, 1.165) is 28.0 Å². The summed E-state index contributed by atoms with van der Waals surface area (Å²) in [6, 6.07) is 52.8. The van der Waals surface area contributed by atoms with Crippen molar-refractivity contribution in [3.8, 4) is 0 Å². The molecule has 6 aromatic carbocycles. The van der Waals surface area contributed by atoms with Crippen molar-refractivity contribution in [2.24, 2.45) is 15.0 Å². The third-order valence-corrected chi connectivity index (χ3v) is 9.20. The van der Waals surface area contributed by atoms with Crippen molar-refractivity contribution < 1.29 is 8.78 Å². The van der Waals surface area contributed by atoms with Crippen LogP contribution in [0.4, 0.5) is 8.78 Å². The van der Waals surface area contributed by atoms with E-state index >= 15 is 0 Å². The van der Waals surface area contributed by atoms with E-state index < -0.39 is 16.9 Å². The molecule has 2 heterocycles. The van der Waals surface area contributed by atoms with Crippen LogP contribution in [0.25, 0.3) is 0 Å². The second kappa shape index (κ2) is 11.7. The fourth-order valence-corrected chi connectivity index (χ4v) is 6.98. The highest BCUT2D eigenvalue weighted by molar-refractivity contribution is 6.39. The van der Waals surface area contributed by atoms with Gasteiger partial charge < -0.3 is 0 Å². The molecule has 232 valence electrons. The van der Waals surface area contributed by atoms with Gasteiger partial charge in [-0.3, -0.25) is 15.3 Å². The number of halogens is 2. The van der Waals surface area contributed by atoms with Crippen LogP contribution >= 0.6 is 0 Å². The fraction of sp³-hybridized carbons (Fsp3) is 0.0714. The van der Waals surface area contributed by atoms with E-state index in [0.29, 0.717) is 16.8 Å². The van der Waals surface area contributed by atoms with Crippen LogP contribution in [0, 0.1) is 11.6 Å². The Morgan fingerprint density at radius 1 is 0.438 bits per heavy atom. The third-order valence-electron chi connectivity index (χ3n) is 9.20. The van der Waals surface area contributed by atoms with Crippen LogP contribution in [-0.2, 0) is 16.9 Å². The molecule has 6 aromatic rings. The van der Waals surface area contributed by atoms with Gasteiger partial charge in [0, 0.05) is 11.1 Å². The number of rotatable bonds is 7. The molecule has 0 fully saturated rings. The zero-order valence-electron chi connectivity index (χ0n) is 25.8. The zero-order chi connectivity index (χ0) is 32.6. The van der Waals surface area contributed by atoms with E-state index in [2.05, 4.69) is 29.6 Å². The number of benzene rings is 6. The van der Waals surface area contributed by atoms with Gasteiger partial charge in [-0.15, -0.1) is 0 Å². The average Bonchev–Trinajstić information content (AvgIpc) is 3.77. The van der Waals surface area contributed by atoms with Crippen molar-refractivity contribution in [1.29, 1.82) is 0 Å². The molecule has 6 heteroatoms. The molecule has 2 aliphatic heterocycles. The van der Waals surface area contributed by atoms with Gasteiger partial charge in [0.2, 0.25) is 5.66 Å². The highest BCUT2D eigenvalue weighted by Crippen LogP contribution is 2.55. The predicted octanol–water partition coefficient (Wildman–Crippen LogP) is 8.58. The normalized spacial score (nSPS) is 21.1. The summed E-state index contributed by atoms with van der Waals surface area (Å²) in [5.74, 6) is -0.759. The van der Waals surface area contributed by atoms with Crippen molar-refractivity contribution >= 4 is 17.6 Å². The molecule has 0 radical (unpaired) electrons. The summed E-state index contributed by atoms with van der Waals surface area (Å²) in [6.07, 6.45) is 1.76. The maximum Gasteiger partial charge on any atom is 0.218 e. The van der Waals surface area contributed by atoms with Crippen LogP contribution in [0.1, 0.15) is 33.4 Å². The molecule has 48 heavy (non-hydrogen) atoms. The predicted molar refractivity (Wildman–Crippen MR) is 187 cm³/mol. The Labute approximate surface area is 277 Å². The molecular formula is C42H30F2N4. The Hall–Kier alpha value is -5.85. The molecule has 1 N–H and O–H groups in total. The van der Waals surface area contributed by atoms with Crippen molar-refractivity contribution in [1.82, 2.24) is 5.32 Å². The largest absolute Gasteiger partial charge is 0.267 e. The highest BCUT2D eigenvalue weighted by atomic mass is 19.1. The summed E-state index contributed by atoms with van der Waals surface area (Å²) in [4.78, 5) is 16.4. The molecule has 2 atom stereocenters. The maximum absolute atomic E-state index is 14.7. The molecular weight excluding hydrogens is 598 g/mol. The van der Waals surface area contributed by atoms with Gasteiger partial charge in [0.25, 0.3) is 0 Å². The van der Waals surface area contributed by atoms with Crippen LogP contribution in [0.3, 0.4) is 0 Å². The molecule has 2 aliphatic rings. The van der Waals surface area contributed by atoms with Gasteiger partial charge in [-0.05, 0) is 46.5 Å². The molecule has 8 rings (SSSR count). The Balaban J connectivity index is 1.52. The zero-order valence-corrected chi connectivity index (χ0v) is 25.8. The van der Waals surface area contributed by atoms with Gasteiger partial charge in [-0.25, -0.2) is 13.8 Å². The van der Waals surface area contributed by atoms with E-state index in [9.17, 15) is 8.78 Å². The van der Waals surface area contributed by atoms with Crippen molar-refractivity contribution in [2.75, 3.05) is 0 Å². The smallest absolute Gasteiger partial charge is 0.218 e. The average molecular weight is 629 g/mol. The Morgan fingerprint density at radius 2 is 0.896 bits per heavy atom. The minimum Gasteiger partial charge on any atom is -0.267 e. The summed E-state index contributed by atoms with van der Waals surface area (Å²) in [7, 11) is 0. The van der Waals surface area contributed by atoms with Gasteiger partial charge >= 0.3 is 0 Å². The lowest BCUT2D eigenvalue weighted by Crippen LogP contribution is -2.59. The van der Waals surface area contributed by atoms with Gasteiger partial charge in [0.05, 0.1) is 17.6 Å². The van der Waals surface area contributed by atoms with Gasteiger partial charge in [0.1, 0.15) is 17.2 Å². The Morgan fingerprint density at radius 3 is 1.42 bits per heavy atom. The van der Waals surface area contributed by atoms with Gasteiger partial charge in [-0.2, -0.15) is 0 Å². The summed E-state index contributed by atoms with van der Waals surface area (Å²) >= 11 is 0. The number of nitrogens with zero attached hydrogens (tertiary/aromatic N) is 3. The molecule has 0 saturated heterocycles. The van der Waals surface area contributed by atoms with Gasteiger partial charge in [0.15, 0.2) is 5.66 Å². The van der Waals surface area contributed by atoms with E-state index in [-0.39, 0.29) is 11.6 Å². The quantitative estimate of drug-likeness (QED) is 0.189.